The molecule has 1 aromatic rings. The average Bonchev–Trinajstić information content (AvgIpc) is 2.33. The molecule has 0 fully saturated rings. The molecule has 0 unspecified atom stereocenters. The number of aromatic amines is 1. The lowest BCUT2D eigenvalue weighted by Gasteiger charge is -1.90. The van der Waals surface area contributed by atoms with Crippen molar-refractivity contribution in [2.45, 2.75) is 19.8 Å². The second-order valence-corrected chi connectivity index (χ2v) is 2.64. The van der Waals surface area contributed by atoms with Gasteiger partial charge in [-0.05, 0) is 0 Å². The molecular weight excluding hydrogens is 164 g/mol. The Balaban J connectivity index is 2.79. The van der Waals surface area contributed by atoms with Crippen molar-refractivity contribution >= 4 is 11.6 Å². The summed E-state index contributed by atoms with van der Waals surface area (Å²) in [6.07, 6.45) is 1.39. The molecule has 0 aliphatic heterocycles. The van der Waals surface area contributed by atoms with Crippen molar-refractivity contribution < 1.29 is 5.11 Å². The van der Waals surface area contributed by atoms with Crippen LogP contribution in [0.1, 0.15) is 18.4 Å². The van der Waals surface area contributed by atoms with E-state index in [0.717, 1.165) is 17.9 Å². The second kappa shape index (κ2) is 3.74. The van der Waals surface area contributed by atoms with Crippen LogP contribution in [0.25, 0.3) is 0 Å². The number of rotatable bonds is 3. The third-order valence-electron chi connectivity index (χ3n) is 1.47. The van der Waals surface area contributed by atoms with Crippen LogP contribution in [0.15, 0.2) is 0 Å². The number of nitrogens with zero attached hydrogens (tertiary/aromatic N) is 1. The molecule has 0 aliphatic rings. The minimum atomic E-state index is 0.102. The molecule has 0 saturated heterocycles. The molecule has 0 spiro atoms. The average molecular weight is 175 g/mol. The molecule has 0 bridgehead atoms. The number of hydrogen-bond acceptors (Lipinski definition) is 2. The van der Waals surface area contributed by atoms with E-state index in [0.29, 0.717) is 11.6 Å². The van der Waals surface area contributed by atoms with Gasteiger partial charge in [0.05, 0.1) is 5.69 Å². The molecule has 4 heteroatoms. The quantitative estimate of drug-likeness (QED) is 0.723. The molecule has 0 radical (unpaired) electrons. The molecule has 1 rings (SSSR count). The Morgan fingerprint density at radius 2 is 2.36 bits per heavy atom. The molecule has 11 heavy (non-hydrogen) atoms. The van der Waals surface area contributed by atoms with Crippen LogP contribution in [0, 0.1) is 0 Å². The predicted molar refractivity (Wildman–Crippen MR) is 43.8 cm³/mol. The Labute approximate surface area is 70.4 Å². The molecular formula is C7H11ClN2O. The molecule has 1 aromatic heterocycles. The second-order valence-electron chi connectivity index (χ2n) is 2.28. The standard InChI is InChI=1S/C7H11ClN2O/c1-2-6-9-5(3-4-11)7(8)10-6/h11H,2-4H2,1H3,(H,9,10). The monoisotopic (exact) mass is 174 g/mol. The zero-order valence-corrected chi connectivity index (χ0v) is 7.15. The van der Waals surface area contributed by atoms with E-state index in [9.17, 15) is 0 Å². The van der Waals surface area contributed by atoms with Gasteiger partial charge in [0.2, 0.25) is 0 Å². The molecule has 0 aliphatic carbocycles. The Hall–Kier alpha value is -0.540. The molecule has 2 N–H and O–H groups in total. The summed E-state index contributed by atoms with van der Waals surface area (Å²) < 4.78 is 0. The van der Waals surface area contributed by atoms with Crippen molar-refractivity contribution in [3.05, 3.63) is 16.7 Å². The van der Waals surface area contributed by atoms with Gasteiger partial charge in [-0.25, -0.2) is 4.98 Å². The highest BCUT2D eigenvalue weighted by Crippen LogP contribution is 2.12. The van der Waals surface area contributed by atoms with Crippen molar-refractivity contribution in [2.24, 2.45) is 0 Å². The van der Waals surface area contributed by atoms with E-state index in [-0.39, 0.29) is 6.61 Å². The zero-order valence-electron chi connectivity index (χ0n) is 6.39. The Morgan fingerprint density at radius 3 is 2.82 bits per heavy atom. The number of halogens is 1. The lowest BCUT2D eigenvalue weighted by Crippen LogP contribution is -1.91. The molecule has 0 saturated carbocycles. The number of aliphatic hydroxyl groups excluding tert-OH is 1. The van der Waals surface area contributed by atoms with E-state index in [1.54, 1.807) is 0 Å². The number of hydrogen-bond donors (Lipinski definition) is 2. The van der Waals surface area contributed by atoms with E-state index < -0.39 is 0 Å². The number of aryl methyl sites for hydroxylation is 1. The van der Waals surface area contributed by atoms with Gasteiger partial charge in [-0.2, -0.15) is 0 Å². The van der Waals surface area contributed by atoms with Gasteiger partial charge in [-0.15, -0.1) is 0 Å². The molecule has 3 nitrogen and oxygen atoms in total. The minimum absolute atomic E-state index is 0.102. The number of nitrogens with one attached hydrogen (secondary N) is 1. The highest BCUT2D eigenvalue weighted by atomic mass is 35.5. The van der Waals surface area contributed by atoms with E-state index in [1.807, 2.05) is 6.92 Å². The predicted octanol–water partition coefficient (Wildman–Crippen LogP) is 1.16. The summed E-state index contributed by atoms with van der Waals surface area (Å²) in [5.74, 6) is 0.874. The van der Waals surface area contributed by atoms with Crippen LogP contribution < -0.4 is 0 Å². The van der Waals surface area contributed by atoms with Gasteiger partial charge in [-0.1, -0.05) is 18.5 Å². The van der Waals surface area contributed by atoms with Crippen molar-refractivity contribution in [1.82, 2.24) is 9.97 Å². The fourth-order valence-corrected chi connectivity index (χ4v) is 1.13. The Morgan fingerprint density at radius 1 is 1.64 bits per heavy atom. The molecule has 0 atom stereocenters. The van der Waals surface area contributed by atoms with Gasteiger partial charge in [0.25, 0.3) is 0 Å². The maximum atomic E-state index is 8.62. The van der Waals surface area contributed by atoms with Crippen LogP contribution in [-0.2, 0) is 12.8 Å². The van der Waals surface area contributed by atoms with Gasteiger partial charge in [0.15, 0.2) is 0 Å². The summed E-state index contributed by atoms with van der Waals surface area (Å²) in [6.45, 7) is 2.10. The summed E-state index contributed by atoms with van der Waals surface area (Å²) >= 11 is 5.75. The topological polar surface area (TPSA) is 48.9 Å². The van der Waals surface area contributed by atoms with Crippen LogP contribution in [0.3, 0.4) is 0 Å². The lowest BCUT2D eigenvalue weighted by atomic mass is 10.3. The van der Waals surface area contributed by atoms with Crippen molar-refractivity contribution in [1.29, 1.82) is 0 Å². The van der Waals surface area contributed by atoms with Gasteiger partial charge in [0.1, 0.15) is 11.0 Å². The highest BCUT2D eigenvalue weighted by Gasteiger charge is 2.04. The third-order valence-corrected chi connectivity index (χ3v) is 1.79. The normalized spacial score (nSPS) is 10.5. The third kappa shape index (κ3) is 1.94. The Bertz CT molecular complexity index is 234. The van der Waals surface area contributed by atoms with E-state index in [4.69, 9.17) is 16.7 Å². The largest absolute Gasteiger partial charge is 0.396 e. The van der Waals surface area contributed by atoms with Gasteiger partial charge in [-0.3, -0.25) is 0 Å². The molecule has 62 valence electrons. The lowest BCUT2D eigenvalue weighted by molar-refractivity contribution is 0.298. The zero-order chi connectivity index (χ0) is 8.27. The SMILES string of the molecule is CCc1nc(Cl)c(CCO)[nH]1. The molecule has 0 aromatic carbocycles. The smallest absolute Gasteiger partial charge is 0.150 e. The number of imidazole rings is 1. The molecule has 1 heterocycles. The van der Waals surface area contributed by atoms with Crippen LogP contribution in [0.5, 0.6) is 0 Å². The fraction of sp³-hybridized carbons (Fsp3) is 0.571. The fourth-order valence-electron chi connectivity index (χ4n) is 0.885. The van der Waals surface area contributed by atoms with Crippen LogP contribution >= 0.6 is 11.6 Å². The van der Waals surface area contributed by atoms with Gasteiger partial charge in [0, 0.05) is 19.4 Å². The van der Waals surface area contributed by atoms with Crippen LogP contribution in [0.4, 0.5) is 0 Å². The first kappa shape index (κ1) is 8.56. The first-order valence-corrected chi connectivity index (χ1v) is 3.99. The van der Waals surface area contributed by atoms with Crippen molar-refractivity contribution in [3.8, 4) is 0 Å². The van der Waals surface area contributed by atoms with Crippen molar-refractivity contribution in [2.75, 3.05) is 6.61 Å². The summed E-state index contributed by atoms with van der Waals surface area (Å²) in [5.41, 5.74) is 0.825. The number of aliphatic hydroxyl groups is 1. The summed E-state index contributed by atoms with van der Waals surface area (Å²) in [4.78, 5) is 7.08. The summed E-state index contributed by atoms with van der Waals surface area (Å²) in [7, 11) is 0. The summed E-state index contributed by atoms with van der Waals surface area (Å²) in [6, 6.07) is 0. The van der Waals surface area contributed by atoms with Crippen LogP contribution in [-0.4, -0.2) is 21.7 Å². The van der Waals surface area contributed by atoms with Crippen molar-refractivity contribution in [3.63, 3.8) is 0 Å². The minimum Gasteiger partial charge on any atom is -0.396 e. The van der Waals surface area contributed by atoms with E-state index in [2.05, 4.69) is 9.97 Å². The Kier molecular flexibility index (Phi) is 2.91. The number of H-pyrrole nitrogens is 1. The van der Waals surface area contributed by atoms with E-state index in [1.165, 1.54) is 0 Å². The first-order chi connectivity index (χ1) is 5.27. The first-order valence-electron chi connectivity index (χ1n) is 3.62. The van der Waals surface area contributed by atoms with Crippen LogP contribution in [0.2, 0.25) is 5.15 Å². The maximum absolute atomic E-state index is 8.62. The van der Waals surface area contributed by atoms with Gasteiger partial charge < -0.3 is 10.1 Å². The highest BCUT2D eigenvalue weighted by molar-refractivity contribution is 6.30. The maximum Gasteiger partial charge on any atom is 0.150 e. The summed E-state index contributed by atoms with van der Waals surface area (Å²) in [5, 5.41) is 9.10. The molecule has 0 amide bonds. The van der Waals surface area contributed by atoms with E-state index >= 15 is 0 Å². The van der Waals surface area contributed by atoms with Gasteiger partial charge >= 0.3 is 0 Å². The number of aromatic nitrogens is 2.